The van der Waals surface area contributed by atoms with E-state index in [0.29, 0.717) is 35.6 Å². The van der Waals surface area contributed by atoms with Gasteiger partial charge in [0.2, 0.25) is 0 Å². The summed E-state index contributed by atoms with van der Waals surface area (Å²) in [7, 11) is 0. The molecule has 0 spiro atoms. The standard InChI is InChI=1S/C52H30F6N2O2/c53-33-27-39(55)51(40(56)28-33)61-47-17-9-7-15-45(47)59(35-11-3-1-4-12-35)43-25-21-31-20-24-38-44(26-22-32-19-23-37(43)49(31)50(32)38)60(36-13-5-2-6-14-36)46-16-8-10-18-48(46)62-52-41(57)29-34(54)30-42(52)58/h1-30H. The van der Waals surface area contributed by atoms with Crippen molar-refractivity contribution < 1.29 is 35.8 Å². The van der Waals surface area contributed by atoms with Crippen molar-refractivity contribution in [3.8, 4) is 23.0 Å². The molecule has 62 heavy (non-hydrogen) atoms. The lowest BCUT2D eigenvalue weighted by molar-refractivity contribution is 0.402. The van der Waals surface area contributed by atoms with E-state index in [1.807, 2.05) is 119 Å². The molecule has 10 rings (SSSR count). The third-order valence-corrected chi connectivity index (χ3v) is 10.7. The number of hydrogen-bond donors (Lipinski definition) is 0. The van der Waals surface area contributed by atoms with E-state index >= 15 is 17.6 Å². The molecular weight excluding hydrogens is 799 g/mol. The van der Waals surface area contributed by atoms with Gasteiger partial charge in [-0.2, -0.15) is 0 Å². The average Bonchev–Trinajstić information content (AvgIpc) is 3.28. The fraction of sp³-hybridized carbons (Fsp3) is 0. The van der Waals surface area contributed by atoms with Crippen LogP contribution in [-0.2, 0) is 0 Å². The minimum absolute atomic E-state index is 0.119. The summed E-state index contributed by atoms with van der Waals surface area (Å²) in [6.07, 6.45) is 0. The van der Waals surface area contributed by atoms with Crippen LogP contribution in [0.2, 0.25) is 0 Å². The molecular formula is C52H30F6N2O2. The second kappa shape index (κ2) is 15.6. The average molecular weight is 829 g/mol. The number of hydrogen-bond acceptors (Lipinski definition) is 4. The topological polar surface area (TPSA) is 24.9 Å². The van der Waals surface area contributed by atoms with Crippen LogP contribution in [0.25, 0.3) is 32.3 Å². The summed E-state index contributed by atoms with van der Waals surface area (Å²) >= 11 is 0. The van der Waals surface area contributed by atoms with Gasteiger partial charge in [-0.15, -0.1) is 0 Å². The molecule has 0 unspecified atom stereocenters. The van der Waals surface area contributed by atoms with Gasteiger partial charge in [0, 0.05) is 46.4 Å². The van der Waals surface area contributed by atoms with Gasteiger partial charge in [-0.1, -0.05) is 97.1 Å². The largest absolute Gasteiger partial charge is 0.449 e. The van der Waals surface area contributed by atoms with Gasteiger partial charge in [0.25, 0.3) is 0 Å². The fourth-order valence-electron chi connectivity index (χ4n) is 8.06. The number of anilines is 6. The molecule has 302 valence electrons. The van der Waals surface area contributed by atoms with Crippen molar-refractivity contribution in [2.24, 2.45) is 0 Å². The number of halogens is 6. The zero-order valence-corrected chi connectivity index (χ0v) is 32.3. The van der Waals surface area contributed by atoms with Gasteiger partial charge in [-0.25, -0.2) is 26.3 Å². The Balaban J connectivity index is 1.18. The maximum atomic E-state index is 15.0. The molecule has 0 saturated carbocycles. The third kappa shape index (κ3) is 6.71. The van der Waals surface area contributed by atoms with Crippen molar-refractivity contribution in [3.05, 3.63) is 217 Å². The first-order chi connectivity index (χ1) is 30.2. The Morgan fingerprint density at radius 2 is 0.661 bits per heavy atom. The molecule has 0 aliphatic rings. The molecule has 0 amide bonds. The second-order valence-corrected chi connectivity index (χ2v) is 14.5. The number of para-hydroxylation sites is 6. The third-order valence-electron chi connectivity index (χ3n) is 10.7. The van der Waals surface area contributed by atoms with E-state index in [4.69, 9.17) is 9.47 Å². The highest BCUT2D eigenvalue weighted by Crippen LogP contribution is 2.50. The van der Waals surface area contributed by atoms with Gasteiger partial charge >= 0.3 is 0 Å². The summed E-state index contributed by atoms with van der Waals surface area (Å²) in [5.41, 5.74) is 3.81. The lowest BCUT2D eigenvalue weighted by Crippen LogP contribution is -2.12. The summed E-state index contributed by atoms with van der Waals surface area (Å²) in [5, 5.41) is 5.39. The van der Waals surface area contributed by atoms with Crippen LogP contribution in [0.15, 0.2) is 182 Å². The van der Waals surface area contributed by atoms with Crippen LogP contribution in [0.3, 0.4) is 0 Å². The van der Waals surface area contributed by atoms with Gasteiger partial charge in [0.05, 0.1) is 22.7 Å². The molecule has 10 aromatic carbocycles. The smallest absolute Gasteiger partial charge is 0.198 e. The molecule has 0 radical (unpaired) electrons. The molecule has 10 heteroatoms. The minimum atomic E-state index is -1.18. The van der Waals surface area contributed by atoms with Crippen LogP contribution < -0.4 is 19.3 Å². The predicted molar refractivity (Wildman–Crippen MR) is 232 cm³/mol. The zero-order chi connectivity index (χ0) is 42.5. The molecule has 0 aliphatic carbocycles. The quantitative estimate of drug-likeness (QED) is 0.101. The molecule has 0 fully saturated rings. The monoisotopic (exact) mass is 828 g/mol. The Morgan fingerprint density at radius 1 is 0.323 bits per heavy atom. The van der Waals surface area contributed by atoms with Gasteiger partial charge in [-0.05, 0) is 82.2 Å². The fourth-order valence-corrected chi connectivity index (χ4v) is 8.06. The van der Waals surface area contributed by atoms with Gasteiger partial charge in [0.1, 0.15) is 11.6 Å². The number of ether oxygens (including phenoxy) is 2. The van der Waals surface area contributed by atoms with Crippen LogP contribution in [0, 0.1) is 34.9 Å². The van der Waals surface area contributed by atoms with E-state index in [1.165, 1.54) is 0 Å². The molecule has 0 aromatic heterocycles. The zero-order valence-electron chi connectivity index (χ0n) is 32.3. The molecule has 0 atom stereocenters. The Labute approximate surface area is 351 Å². The second-order valence-electron chi connectivity index (χ2n) is 14.5. The highest BCUT2D eigenvalue weighted by molar-refractivity contribution is 6.28. The molecule has 0 aliphatic heterocycles. The molecule has 0 saturated heterocycles. The van der Waals surface area contributed by atoms with Gasteiger partial charge in [0.15, 0.2) is 46.3 Å². The highest BCUT2D eigenvalue weighted by Gasteiger charge is 2.26. The Bertz CT molecular complexity index is 3030. The first-order valence-corrected chi connectivity index (χ1v) is 19.5. The Morgan fingerprint density at radius 3 is 1.05 bits per heavy atom. The SMILES string of the molecule is Fc1cc(F)c(Oc2ccccc2N(c2ccccc2)c2ccc3ccc4c(N(c5ccccc5)c5ccccc5Oc5c(F)cc(F)cc5F)ccc5ccc2c3c54)c(F)c1. The van der Waals surface area contributed by atoms with Crippen molar-refractivity contribution in [2.75, 3.05) is 9.80 Å². The van der Waals surface area contributed by atoms with Crippen molar-refractivity contribution in [1.29, 1.82) is 0 Å². The van der Waals surface area contributed by atoms with Gasteiger partial charge in [-0.3, -0.25) is 0 Å². The van der Waals surface area contributed by atoms with Crippen LogP contribution in [0.1, 0.15) is 0 Å². The molecule has 4 nitrogen and oxygen atoms in total. The lowest BCUT2D eigenvalue weighted by atomic mass is 9.91. The van der Waals surface area contributed by atoms with Crippen molar-refractivity contribution in [1.82, 2.24) is 0 Å². The minimum Gasteiger partial charge on any atom is -0.449 e. The Hall–Kier alpha value is -7.98. The van der Waals surface area contributed by atoms with Crippen LogP contribution in [-0.4, -0.2) is 0 Å². The van der Waals surface area contributed by atoms with Crippen LogP contribution in [0.4, 0.5) is 60.5 Å². The summed E-state index contributed by atoms with van der Waals surface area (Å²) < 4.78 is 99.7. The summed E-state index contributed by atoms with van der Waals surface area (Å²) in [4.78, 5) is 3.89. The summed E-state index contributed by atoms with van der Waals surface area (Å²) in [6.45, 7) is 0. The summed E-state index contributed by atoms with van der Waals surface area (Å²) in [6, 6.07) is 51.0. The number of nitrogens with zero attached hydrogens (tertiary/aromatic N) is 2. The molecule has 0 N–H and O–H groups in total. The molecule has 0 heterocycles. The van der Waals surface area contributed by atoms with Crippen molar-refractivity contribution >= 4 is 66.4 Å². The van der Waals surface area contributed by atoms with E-state index in [-0.39, 0.29) is 11.5 Å². The first-order valence-electron chi connectivity index (χ1n) is 19.5. The van der Waals surface area contributed by atoms with Crippen LogP contribution in [0.5, 0.6) is 23.0 Å². The van der Waals surface area contributed by atoms with Crippen molar-refractivity contribution in [3.63, 3.8) is 0 Å². The maximum Gasteiger partial charge on any atom is 0.198 e. The highest BCUT2D eigenvalue weighted by atomic mass is 19.2. The van der Waals surface area contributed by atoms with Crippen LogP contribution >= 0.6 is 0 Å². The van der Waals surface area contributed by atoms with E-state index in [1.54, 1.807) is 48.5 Å². The maximum absolute atomic E-state index is 15.0. The van der Waals surface area contributed by atoms with E-state index in [9.17, 15) is 8.78 Å². The normalized spacial score (nSPS) is 11.4. The summed E-state index contributed by atoms with van der Waals surface area (Å²) in [5.74, 6) is -8.11. The van der Waals surface area contributed by atoms with E-state index < -0.39 is 46.4 Å². The van der Waals surface area contributed by atoms with Crippen molar-refractivity contribution in [2.45, 2.75) is 0 Å². The number of benzene rings is 10. The molecule has 0 bridgehead atoms. The Kier molecular flexibility index (Phi) is 9.60. The number of rotatable bonds is 10. The lowest BCUT2D eigenvalue weighted by Gasteiger charge is -2.30. The van der Waals surface area contributed by atoms with Gasteiger partial charge < -0.3 is 19.3 Å². The molecule has 10 aromatic rings. The predicted octanol–water partition coefficient (Wildman–Crippen LogP) is 15.9. The first kappa shape index (κ1) is 38.2. The van der Waals surface area contributed by atoms with E-state index in [2.05, 4.69) is 0 Å². The van der Waals surface area contributed by atoms with E-state index in [0.717, 1.165) is 55.1 Å².